The molecular weight excluding hydrogens is 284 g/mol. The summed E-state index contributed by atoms with van der Waals surface area (Å²) in [6.45, 7) is 1.26. The van der Waals surface area contributed by atoms with Crippen LogP contribution in [0.3, 0.4) is 0 Å². The molecule has 3 N–H and O–H groups in total. The first-order valence-corrected chi connectivity index (χ1v) is 5.97. The smallest absolute Gasteiger partial charge is 0.334 e. The first-order valence-electron chi connectivity index (χ1n) is 5.97. The van der Waals surface area contributed by atoms with Crippen LogP contribution in [0.1, 0.15) is 17.3 Å². The monoisotopic (exact) mass is 298 g/mol. The van der Waals surface area contributed by atoms with E-state index in [4.69, 9.17) is 14.9 Å². The summed E-state index contributed by atoms with van der Waals surface area (Å²) in [5, 5.41) is 30.7. The minimum absolute atomic E-state index is 0.00835. The molecule has 0 aliphatic carbocycles. The third-order valence-electron chi connectivity index (χ3n) is 2.47. The van der Waals surface area contributed by atoms with Gasteiger partial charge >= 0.3 is 5.97 Å². The first-order chi connectivity index (χ1) is 9.88. The number of hydrogen-bond donors (Lipinski definition) is 3. The van der Waals surface area contributed by atoms with E-state index in [-0.39, 0.29) is 17.9 Å². The summed E-state index contributed by atoms with van der Waals surface area (Å²) < 4.78 is 5.16. The summed E-state index contributed by atoms with van der Waals surface area (Å²) in [6, 6.07) is 3.89. The normalized spacial score (nSPS) is 11.5. The zero-order chi connectivity index (χ0) is 16.0. The van der Waals surface area contributed by atoms with Crippen LogP contribution < -0.4 is 10.1 Å². The van der Waals surface area contributed by atoms with Crippen LogP contribution in [0, 0.1) is 10.1 Å². The van der Waals surface area contributed by atoms with E-state index >= 15 is 0 Å². The second-order valence-electron chi connectivity index (χ2n) is 3.90. The van der Waals surface area contributed by atoms with Gasteiger partial charge in [-0.25, -0.2) is 4.79 Å². The molecule has 0 unspecified atom stereocenters. The summed E-state index contributed by atoms with van der Waals surface area (Å²) in [6.07, 6.45) is -1.80. The van der Waals surface area contributed by atoms with Gasteiger partial charge in [0.05, 0.1) is 18.1 Å². The summed E-state index contributed by atoms with van der Waals surface area (Å²) in [5.74, 6) is -2.40. The average molecular weight is 298 g/mol. The van der Waals surface area contributed by atoms with E-state index in [9.17, 15) is 19.7 Å². The molecule has 0 saturated heterocycles. The van der Waals surface area contributed by atoms with Gasteiger partial charge in [-0.15, -0.1) is 0 Å². The van der Waals surface area contributed by atoms with Crippen molar-refractivity contribution in [1.29, 1.82) is 0 Å². The van der Waals surface area contributed by atoms with Crippen molar-refractivity contribution in [2.75, 3.05) is 13.2 Å². The molecular formula is C12H14N2O7. The molecule has 9 nitrogen and oxygen atoms in total. The summed E-state index contributed by atoms with van der Waals surface area (Å²) in [5.41, 5.74) is -0.787. The summed E-state index contributed by atoms with van der Waals surface area (Å²) in [7, 11) is 0. The molecule has 0 spiro atoms. The number of nitro benzene ring substituents is 1. The third-order valence-corrected chi connectivity index (χ3v) is 2.47. The molecule has 1 rings (SSSR count). The Morgan fingerprint density at radius 2 is 2.14 bits per heavy atom. The number of carboxylic acids is 1. The Balaban J connectivity index is 3.05. The highest BCUT2D eigenvalue weighted by Crippen LogP contribution is 2.28. The number of carbonyl (C=O) groups excluding carboxylic acids is 1. The predicted octanol–water partition coefficient (Wildman–Crippen LogP) is 0.169. The summed E-state index contributed by atoms with van der Waals surface area (Å²) >= 11 is 0. The number of benzene rings is 1. The number of ether oxygens (including phenoxy) is 1. The van der Waals surface area contributed by atoms with Crippen molar-refractivity contribution in [2.24, 2.45) is 0 Å². The van der Waals surface area contributed by atoms with E-state index < -0.39 is 35.1 Å². The van der Waals surface area contributed by atoms with Crippen LogP contribution in [0.2, 0.25) is 0 Å². The molecule has 9 heteroatoms. The lowest BCUT2D eigenvalue weighted by atomic mass is 10.1. The Labute approximate surface area is 119 Å². The minimum Gasteiger partial charge on any atom is -0.493 e. The van der Waals surface area contributed by atoms with E-state index in [0.29, 0.717) is 0 Å². The van der Waals surface area contributed by atoms with Crippen LogP contribution in [-0.2, 0) is 4.79 Å². The molecule has 0 aliphatic heterocycles. The number of carboxylic acid groups (broad SMARTS) is 1. The van der Waals surface area contributed by atoms with Gasteiger partial charge in [0.1, 0.15) is 5.75 Å². The second-order valence-corrected chi connectivity index (χ2v) is 3.90. The molecule has 114 valence electrons. The zero-order valence-electron chi connectivity index (χ0n) is 11.1. The van der Waals surface area contributed by atoms with Crippen LogP contribution in [-0.4, -0.2) is 46.3 Å². The number of hydrogen-bond acceptors (Lipinski definition) is 6. The fourth-order valence-electron chi connectivity index (χ4n) is 1.54. The fourth-order valence-corrected chi connectivity index (χ4v) is 1.54. The number of rotatable bonds is 7. The molecule has 0 fully saturated rings. The number of aliphatic hydroxyl groups excluding tert-OH is 1. The van der Waals surface area contributed by atoms with Crippen molar-refractivity contribution < 1.29 is 29.5 Å². The molecule has 0 aliphatic rings. The van der Waals surface area contributed by atoms with Crippen molar-refractivity contribution >= 4 is 17.6 Å². The van der Waals surface area contributed by atoms with Gasteiger partial charge in [0.2, 0.25) is 0 Å². The van der Waals surface area contributed by atoms with Crippen molar-refractivity contribution in [3.63, 3.8) is 0 Å². The van der Waals surface area contributed by atoms with Crippen LogP contribution in [0.25, 0.3) is 0 Å². The Hall–Kier alpha value is -2.68. The predicted molar refractivity (Wildman–Crippen MR) is 70.2 cm³/mol. The average Bonchev–Trinajstić information content (AvgIpc) is 2.44. The van der Waals surface area contributed by atoms with E-state index in [1.165, 1.54) is 12.1 Å². The van der Waals surface area contributed by atoms with Crippen molar-refractivity contribution in [3.05, 3.63) is 33.9 Å². The lowest BCUT2D eigenvalue weighted by Gasteiger charge is -2.11. The molecule has 21 heavy (non-hydrogen) atoms. The van der Waals surface area contributed by atoms with Crippen LogP contribution in [0.4, 0.5) is 5.69 Å². The van der Waals surface area contributed by atoms with Gasteiger partial charge in [0, 0.05) is 6.07 Å². The third kappa shape index (κ3) is 4.14. The lowest BCUT2D eigenvalue weighted by Crippen LogP contribution is -2.36. The van der Waals surface area contributed by atoms with Crippen molar-refractivity contribution in [1.82, 2.24) is 5.32 Å². The van der Waals surface area contributed by atoms with E-state index in [1.807, 2.05) is 0 Å². The fraction of sp³-hybridized carbons (Fsp3) is 0.333. The second kappa shape index (κ2) is 7.20. The number of aliphatic hydroxyl groups is 1. The van der Waals surface area contributed by atoms with Gasteiger partial charge in [-0.1, -0.05) is 6.07 Å². The highest BCUT2D eigenvalue weighted by atomic mass is 16.6. The SMILES string of the molecule is CCOc1cccc([N+](=O)[O-])c1C(=O)NC[C@H](O)C(=O)O. The van der Waals surface area contributed by atoms with Crippen LogP contribution >= 0.6 is 0 Å². The molecule has 0 saturated carbocycles. The molecule has 0 heterocycles. The molecule has 0 aromatic heterocycles. The number of carbonyl (C=O) groups is 2. The van der Waals surface area contributed by atoms with Gasteiger partial charge in [-0.3, -0.25) is 14.9 Å². The van der Waals surface area contributed by atoms with Crippen molar-refractivity contribution in [2.45, 2.75) is 13.0 Å². The first kappa shape index (κ1) is 16.4. The van der Waals surface area contributed by atoms with E-state index in [2.05, 4.69) is 5.32 Å². The zero-order valence-corrected chi connectivity index (χ0v) is 11.1. The molecule has 0 bridgehead atoms. The van der Waals surface area contributed by atoms with Crippen molar-refractivity contribution in [3.8, 4) is 5.75 Å². The molecule has 1 aromatic rings. The van der Waals surface area contributed by atoms with Gasteiger partial charge in [0.25, 0.3) is 11.6 Å². The molecule has 0 radical (unpaired) electrons. The number of amides is 1. The maximum absolute atomic E-state index is 12.0. The quantitative estimate of drug-likeness (QED) is 0.481. The highest BCUT2D eigenvalue weighted by Gasteiger charge is 2.26. The highest BCUT2D eigenvalue weighted by molar-refractivity contribution is 6.01. The topological polar surface area (TPSA) is 139 Å². The van der Waals surface area contributed by atoms with Gasteiger partial charge in [-0.2, -0.15) is 0 Å². The van der Waals surface area contributed by atoms with Crippen LogP contribution in [0.5, 0.6) is 5.75 Å². The van der Waals surface area contributed by atoms with Gasteiger partial charge < -0.3 is 20.3 Å². The van der Waals surface area contributed by atoms with E-state index in [0.717, 1.165) is 6.07 Å². The van der Waals surface area contributed by atoms with Gasteiger partial charge in [0.15, 0.2) is 11.7 Å². The summed E-state index contributed by atoms with van der Waals surface area (Å²) in [4.78, 5) is 32.7. The van der Waals surface area contributed by atoms with Crippen LogP contribution in [0.15, 0.2) is 18.2 Å². The molecule has 1 atom stereocenters. The Kier molecular flexibility index (Phi) is 5.61. The lowest BCUT2D eigenvalue weighted by molar-refractivity contribution is -0.385. The Morgan fingerprint density at radius 1 is 1.48 bits per heavy atom. The number of aliphatic carboxylic acids is 1. The Morgan fingerprint density at radius 3 is 2.67 bits per heavy atom. The van der Waals surface area contributed by atoms with Gasteiger partial charge in [-0.05, 0) is 13.0 Å². The number of nitrogens with one attached hydrogen (secondary N) is 1. The van der Waals surface area contributed by atoms with E-state index in [1.54, 1.807) is 6.92 Å². The maximum Gasteiger partial charge on any atom is 0.334 e. The standard InChI is InChI=1S/C12H14N2O7/c1-2-21-9-5-3-4-7(14(19)20)10(9)11(16)13-6-8(15)12(17)18/h3-5,8,15H,2,6H2,1H3,(H,13,16)(H,17,18)/t8-/m0/s1. The molecule has 1 amide bonds. The molecule has 1 aromatic carbocycles. The Bertz CT molecular complexity index is 559. The largest absolute Gasteiger partial charge is 0.493 e. The maximum atomic E-state index is 12.0. The number of nitro groups is 1. The number of nitrogens with zero attached hydrogens (tertiary/aromatic N) is 1. The minimum atomic E-state index is -1.80.